The molecule has 1 nitrogen and oxygen atoms in total. The number of aryl methyl sites for hydroxylation is 3. The molecule has 0 saturated carbocycles. The van der Waals surface area contributed by atoms with Crippen molar-refractivity contribution in [3.05, 3.63) is 71.6 Å². The minimum Gasteiger partial charge on any atom is -0.264 e. The second-order valence-electron chi connectivity index (χ2n) is 6.07. The Morgan fingerprint density at radius 3 is 1.79 bits per heavy atom. The number of hydrogen-bond acceptors (Lipinski definition) is 1. The average Bonchev–Trinajstić information content (AvgIpc) is 2.57. The van der Waals surface area contributed by atoms with E-state index in [0.29, 0.717) is 0 Å². The zero-order chi connectivity index (χ0) is 19.0. The van der Waals surface area contributed by atoms with Crippen molar-refractivity contribution in [3.8, 4) is 0 Å². The van der Waals surface area contributed by atoms with Crippen LogP contribution in [0.3, 0.4) is 0 Å². The van der Waals surface area contributed by atoms with Crippen LogP contribution in [0, 0.1) is 19.8 Å². The van der Waals surface area contributed by atoms with E-state index < -0.39 is 0 Å². The zero-order valence-corrected chi connectivity index (χ0v) is 17.1. The van der Waals surface area contributed by atoms with Gasteiger partial charge in [-0.1, -0.05) is 84.0 Å². The summed E-state index contributed by atoms with van der Waals surface area (Å²) >= 11 is 0. The van der Waals surface area contributed by atoms with Crippen LogP contribution in [-0.4, -0.2) is 4.98 Å². The fourth-order valence-corrected chi connectivity index (χ4v) is 1.51. The molecule has 0 amide bonds. The number of hydrogen-bond donors (Lipinski definition) is 0. The minimum absolute atomic E-state index is 0.833. The molecule has 134 valence electrons. The van der Waals surface area contributed by atoms with Crippen LogP contribution in [0.25, 0.3) is 6.08 Å². The Labute approximate surface area is 150 Å². The maximum Gasteiger partial charge on any atom is 0.0340 e. The van der Waals surface area contributed by atoms with Crippen LogP contribution in [-0.2, 0) is 6.42 Å². The maximum atomic E-state index is 3.98. The molecular formula is C23H37N. The standard InChI is InChI=1S/C9H12.C8H9N.C4H10.C2H6/c1-3-9-6-4-8(2)5-7-9;1-3-8-4-7(2)5-9-6-8;1-4(2)3;1-2/h4-7H,3H2,1-2H3;3-6H,1H2,2H3;4H,1-3H3;1-2H3. The van der Waals surface area contributed by atoms with Gasteiger partial charge in [0, 0.05) is 12.4 Å². The van der Waals surface area contributed by atoms with Gasteiger partial charge in [-0.3, -0.25) is 4.98 Å². The number of nitrogens with zero attached hydrogens (tertiary/aromatic N) is 1. The Bertz CT molecular complexity index is 521. The molecule has 0 aliphatic rings. The zero-order valence-electron chi connectivity index (χ0n) is 17.1. The van der Waals surface area contributed by atoms with Crippen LogP contribution < -0.4 is 0 Å². The van der Waals surface area contributed by atoms with Crippen molar-refractivity contribution < 1.29 is 0 Å². The van der Waals surface area contributed by atoms with Gasteiger partial charge in [-0.25, -0.2) is 0 Å². The molecule has 0 spiro atoms. The first kappa shape index (κ1) is 24.4. The van der Waals surface area contributed by atoms with E-state index >= 15 is 0 Å². The topological polar surface area (TPSA) is 12.9 Å². The number of rotatable bonds is 2. The largest absolute Gasteiger partial charge is 0.264 e. The Balaban J connectivity index is 0. The summed E-state index contributed by atoms with van der Waals surface area (Å²) in [5.74, 6) is 0.833. The molecule has 0 aliphatic carbocycles. The molecule has 1 aromatic heterocycles. The first-order chi connectivity index (χ1) is 11.4. The third kappa shape index (κ3) is 15.0. The Hall–Kier alpha value is -1.89. The molecule has 24 heavy (non-hydrogen) atoms. The Kier molecular flexibility index (Phi) is 16.2. The monoisotopic (exact) mass is 327 g/mol. The third-order valence-corrected chi connectivity index (χ3v) is 2.66. The lowest BCUT2D eigenvalue weighted by atomic mass is 10.1. The highest BCUT2D eigenvalue weighted by Crippen LogP contribution is 2.02. The third-order valence-electron chi connectivity index (χ3n) is 2.66. The predicted molar refractivity (Wildman–Crippen MR) is 111 cm³/mol. The number of benzene rings is 1. The van der Waals surface area contributed by atoms with Gasteiger partial charge in [-0.05, 0) is 48.9 Å². The molecule has 2 aromatic rings. The van der Waals surface area contributed by atoms with Crippen molar-refractivity contribution in [2.45, 2.75) is 61.8 Å². The summed E-state index contributed by atoms with van der Waals surface area (Å²) in [6.45, 7) is 20.4. The molecule has 1 heteroatoms. The summed E-state index contributed by atoms with van der Waals surface area (Å²) in [7, 11) is 0. The molecule has 0 atom stereocenters. The van der Waals surface area contributed by atoms with Crippen LogP contribution >= 0.6 is 0 Å². The van der Waals surface area contributed by atoms with Crippen LogP contribution in [0.1, 0.15) is 63.8 Å². The van der Waals surface area contributed by atoms with Gasteiger partial charge in [-0.2, -0.15) is 0 Å². The summed E-state index contributed by atoms with van der Waals surface area (Å²) in [4.78, 5) is 3.98. The molecule has 0 saturated heterocycles. The number of aromatic nitrogens is 1. The normalized spacial score (nSPS) is 8.71. The highest BCUT2D eigenvalue weighted by molar-refractivity contribution is 5.45. The van der Waals surface area contributed by atoms with Gasteiger partial charge in [-0.15, -0.1) is 0 Å². The lowest BCUT2D eigenvalue weighted by Crippen LogP contribution is -1.77. The van der Waals surface area contributed by atoms with Gasteiger partial charge < -0.3 is 0 Å². The van der Waals surface area contributed by atoms with E-state index in [1.807, 2.05) is 33.0 Å². The molecule has 0 aliphatic heterocycles. The fraction of sp³-hybridized carbons (Fsp3) is 0.435. The van der Waals surface area contributed by atoms with Crippen LogP contribution in [0.5, 0.6) is 0 Å². The van der Waals surface area contributed by atoms with Gasteiger partial charge in [0.15, 0.2) is 0 Å². The Morgan fingerprint density at radius 1 is 0.958 bits per heavy atom. The van der Waals surface area contributed by atoms with Crippen molar-refractivity contribution in [1.82, 2.24) is 4.98 Å². The van der Waals surface area contributed by atoms with E-state index in [1.54, 1.807) is 12.3 Å². The summed E-state index contributed by atoms with van der Waals surface area (Å²) in [6.07, 6.45) is 6.55. The predicted octanol–water partition coefficient (Wildman–Crippen LogP) is 7.28. The van der Waals surface area contributed by atoms with Gasteiger partial charge >= 0.3 is 0 Å². The van der Waals surface area contributed by atoms with Crippen LogP contribution in [0.4, 0.5) is 0 Å². The van der Waals surface area contributed by atoms with E-state index in [9.17, 15) is 0 Å². The van der Waals surface area contributed by atoms with E-state index in [2.05, 4.69) is 70.4 Å². The van der Waals surface area contributed by atoms with E-state index in [0.717, 1.165) is 17.9 Å². The lowest BCUT2D eigenvalue weighted by molar-refractivity contribution is 0.737. The van der Waals surface area contributed by atoms with Crippen molar-refractivity contribution in [1.29, 1.82) is 0 Å². The molecule has 1 heterocycles. The molecule has 1 aromatic carbocycles. The molecule has 0 fully saturated rings. The fourth-order valence-electron chi connectivity index (χ4n) is 1.51. The quantitative estimate of drug-likeness (QED) is 0.564. The van der Waals surface area contributed by atoms with Crippen LogP contribution in [0.15, 0.2) is 49.3 Å². The van der Waals surface area contributed by atoms with Crippen LogP contribution in [0.2, 0.25) is 0 Å². The molecule has 0 bridgehead atoms. The summed E-state index contributed by atoms with van der Waals surface area (Å²) in [5, 5.41) is 0. The van der Waals surface area contributed by atoms with E-state index in [4.69, 9.17) is 0 Å². The highest BCUT2D eigenvalue weighted by atomic mass is 14.6. The summed E-state index contributed by atoms with van der Waals surface area (Å²) in [5.41, 5.74) is 5.01. The second-order valence-corrected chi connectivity index (χ2v) is 6.07. The molecule has 0 N–H and O–H groups in total. The Morgan fingerprint density at radius 2 is 1.46 bits per heavy atom. The molecular weight excluding hydrogens is 290 g/mol. The SMILES string of the molecule is C=Cc1cncc(C)c1.CC.CC(C)C.CCc1ccc(C)cc1. The molecule has 0 unspecified atom stereocenters. The van der Waals surface area contributed by atoms with Crippen molar-refractivity contribution in [2.75, 3.05) is 0 Å². The minimum atomic E-state index is 0.833. The van der Waals surface area contributed by atoms with E-state index in [1.165, 1.54) is 16.7 Å². The average molecular weight is 328 g/mol. The first-order valence-electron chi connectivity index (χ1n) is 8.98. The smallest absolute Gasteiger partial charge is 0.0340 e. The number of pyridine rings is 1. The molecule has 2 rings (SSSR count). The van der Waals surface area contributed by atoms with Gasteiger partial charge in [0.1, 0.15) is 0 Å². The van der Waals surface area contributed by atoms with Gasteiger partial charge in [0.25, 0.3) is 0 Å². The van der Waals surface area contributed by atoms with Crippen molar-refractivity contribution >= 4 is 6.08 Å². The summed E-state index contributed by atoms with van der Waals surface area (Å²) in [6, 6.07) is 10.7. The maximum absolute atomic E-state index is 3.98. The second kappa shape index (κ2) is 16.0. The highest BCUT2D eigenvalue weighted by Gasteiger charge is 1.85. The van der Waals surface area contributed by atoms with Crippen molar-refractivity contribution in [2.24, 2.45) is 5.92 Å². The lowest BCUT2D eigenvalue weighted by Gasteiger charge is -1.94. The van der Waals surface area contributed by atoms with Crippen molar-refractivity contribution in [3.63, 3.8) is 0 Å². The van der Waals surface area contributed by atoms with E-state index in [-0.39, 0.29) is 0 Å². The van der Waals surface area contributed by atoms with Gasteiger partial charge in [0.2, 0.25) is 0 Å². The summed E-state index contributed by atoms with van der Waals surface area (Å²) < 4.78 is 0. The molecule has 0 radical (unpaired) electrons. The first-order valence-corrected chi connectivity index (χ1v) is 8.98. The van der Waals surface area contributed by atoms with Gasteiger partial charge in [0.05, 0.1) is 0 Å².